The van der Waals surface area contributed by atoms with Crippen LogP contribution in [0.4, 0.5) is 11.6 Å². The number of rotatable bonds is 10. The van der Waals surface area contributed by atoms with E-state index >= 15 is 0 Å². The maximum atomic E-state index is 13.8. The van der Waals surface area contributed by atoms with Gasteiger partial charge < -0.3 is 14.2 Å². The van der Waals surface area contributed by atoms with E-state index in [1.807, 2.05) is 12.1 Å². The van der Waals surface area contributed by atoms with Gasteiger partial charge in [0.2, 0.25) is 11.6 Å². The lowest BCUT2D eigenvalue weighted by Crippen LogP contribution is -2.17. The van der Waals surface area contributed by atoms with Crippen molar-refractivity contribution in [3.8, 4) is 28.9 Å². The predicted octanol–water partition coefficient (Wildman–Crippen LogP) is 8.25. The van der Waals surface area contributed by atoms with E-state index in [1.54, 1.807) is 67.0 Å². The van der Waals surface area contributed by atoms with Crippen LogP contribution in [0.25, 0.3) is 11.6 Å². The number of aromatic nitrogens is 4. The average Bonchev–Trinajstić information content (AvgIpc) is 3.04. The number of nitrogens with zero attached hydrogens (tertiary/aromatic N) is 4. The Balaban J connectivity index is 1.62. The van der Waals surface area contributed by atoms with Gasteiger partial charge >= 0.3 is 0 Å². The molecule has 0 bridgehead atoms. The van der Waals surface area contributed by atoms with Gasteiger partial charge in [0.1, 0.15) is 0 Å². The Morgan fingerprint density at radius 3 is 1.81 bits per heavy atom. The molecule has 2 aromatic heterocycles. The Hall–Kier alpha value is -4.68. The second kappa shape index (κ2) is 13.6. The third-order valence-electron chi connectivity index (χ3n) is 7.16. The number of hydrogen-bond acceptors (Lipinski definition) is 10. The van der Waals surface area contributed by atoms with E-state index in [9.17, 15) is 8.42 Å². The van der Waals surface area contributed by atoms with Gasteiger partial charge in [-0.2, -0.15) is 0 Å². The van der Waals surface area contributed by atoms with Crippen LogP contribution in [0.2, 0.25) is 0 Å². The summed E-state index contributed by atoms with van der Waals surface area (Å²) in [5.41, 5.74) is 2.05. The Morgan fingerprint density at radius 1 is 0.681 bits per heavy atom. The van der Waals surface area contributed by atoms with Gasteiger partial charge in [0.05, 0.1) is 12.0 Å². The summed E-state index contributed by atoms with van der Waals surface area (Å²) in [6.45, 7) is 12.7. The summed E-state index contributed by atoms with van der Waals surface area (Å²) in [6.07, 6.45) is 3.12. The van der Waals surface area contributed by atoms with E-state index in [2.05, 4.69) is 78.1 Å². The number of methoxy groups -OCH3 is 1. The highest BCUT2D eigenvalue weighted by molar-refractivity contribution is 8.00. The second-order valence-electron chi connectivity index (χ2n) is 12.8. The van der Waals surface area contributed by atoms with E-state index in [1.165, 1.54) is 24.6 Å². The summed E-state index contributed by atoms with van der Waals surface area (Å²) in [5.74, 6) is 1.17. The Morgan fingerprint density at radius 2 is 1.23 bits per heavy atom. The topological polar surface area (TPSA) is 128 Å². The lowest BCUT2D eigenvalue weighted by atomic mass is 9.87. The molecule has 0 unspecified atom stereocenters. The Labute approximate surface area is 280 Å². The molecule has 10 nitrogen and oxygen atoms in total. The van der Waals surface area contributed by atoms with Crippen LogP contribution in [-0.2, 0) is 20.9 Å². The van der Waals surface area contributed by atoms with Gasteiger partial charge in [-0.25, -0.2) is 28.4 Å². The summed E-state index contributed by atoms with van der Waals surface area (Å²) in [6, 6.07) is 23.6. The van der Waals surface area contributed by atoms with Crippen LogP contribution < -0.4 is 18.9 Å². The van der Waals surface area contributed by atoms with Crippen molar-refractivity contribution < 1.29 is 17.9 Å². The first-order valence-electron chi connectivity index (χ1n) is 14.9. The molecule has 0 fully saturated rings. The largest absolute Gasteiger partial charge is 0.493 e. The summed E-state index contributed by atoms with van der Waals surface area (Å²) < 4.78 is 45.4. The molecule has 0 saturated carbocycles. The molecule has 0 aliphatic heterocycles. The monoisotopic (exact) mass is 670 g/mol. The third kappa shape index (κ3) is 8.19. The summed E-state index contributed by atoms with van der Waals surface area (Å²) in [4.78, 5) is 18.8. The van der Waals surface area contributed by atoms with Crippen LogP contribution in [0.1, 0.15) is 52.7 Å². The van der Waals surface area contributed by atoms with E-state index in [0.717, 1.165) is 10.5 Å². The molecule has 0 saturated heterocycles. The minimum absolute atomic E-state index is 0.00272. The predicted molar refractivity (Wildman–Crippen MR) is 187 cm³/mol. The normalized spacial score (nSPS) is 12.0. The van der Waals surface area contributed by atoms with E-state index in [-0.39, 0.29) is 44.8 Å². The highest BCUT2D eigenvalue weighted by atomic mass is 32.2. The number of ether oxygens (including phenoxy) is 2. The number of anilines is 2. The van der Waals surface area contributed by atoms with Crippen molar-refractivity contribution in [2.75, 3.05) is 16.6 Å². The molecular formula is C35H38N6O4S2. The van der Waals surface area contributed by atoms with Crippen LogP contribution in [0.5, 0.6) is 17.2 Å². The molecule has 0 amide bonds. The van der Waals surface area contributed by atoms with Gasteiger partial charge in [-0.15, -0.1) is 0 Å². The molecule has 5 rings (SSSR count). The fourth-order valence-corrected chi connectivity index (χ4v) is 6.09. The van der Waals surface area contributed by atoms with Gasteiger partial charge in [-0.3, -0.25) is 4.72 Å². The summed E-state index contributed by atoms with van der Waals surface area (Å²) in [7, 11) is -2.61. The molecule has 0 aliphatic rings. The smallest absolute Gasteiger partial charge is 0.263 e. The highest BCUT2D eigenvalue weighted by Crippen LogP contribution is 2.42. The zero-order valence-corrected chi connectivity index (χ0v) is 29.0. The van der Waals surface area contributed by atoms with Gasteiger partial charge in [0.25, 0.3) is 10.0 Å². The van der Waals surface area contributed by atoms with Crippen LogP contribution in [-0.4, -0.2) is 35.5 Å². The van der Waals surface area contributed by atoms with Crippen molar-refractivity contribution in [2.45, 2.75) is 62.2 Å². The van der Waals surface area contributed by atoms with E-state index in [0.29, 0.717) is 11.5 Å². The first-order valence-corrected chi connectivity index (χ1v) is 17.2. The van der Waals surface area contributed by atoms with Crippen molar-refractivity contribution in [3.63, 3.8) is 0 Å². The molecule has 2 N–H and O–H groups in total. The molecule has 244 valence electrons. The molecule has 0 radical (unpaired) electrons. The molecule has 12 heteroatoms. The van der Waals surface area contributed by atoms with Gasteiger partial charge in [-0.05, 0) is 76.4 Å². The van der Waals surface area contributed by atoms with Gasteiger partial charge in [0.15, 0.2) is 29.0 Å². The van der Waals surface area contributed by atoms with Crippen LogP contribution in [0.3, 0.4) is 0 Å². The van der Waals surface area contributed by atoms with Crippen molar-refractivity contribution in [2.24, 2.45) is 0 Å². The molecule has 47 heavy (non-hydrogen) atoms. The van der Waals surface area contributed by atoms with Crippen LogP contribution >= 0.6 is 11.9 Å². The molecule has 0 aliphatic carbocycles. The maximum Gasteiger partial charge on any atom is 0.263 e. The average molecular weight is 671 g/mol. The van der Waals surface area contributed by atoms with Crippen LogP contribution in [0.15, 0.2) is 101 Å². The molecule has 3 aromatic carbocycles. The Bertz CT molecular complexity index is 1940. The highest BCUT2D eigenvalue weighted by Gasteiger charge is 2.26. The number of para-hydroxylation sites is 2. The van der Waals surface area contributed by atoms with Gasteiger partial charge in [-0.1, -0.05) is 77.9 Å². The lowest BCUT2D eigenvalue weighted by molar-refractivity contribution is 0.379. The number of benzene rings is 3. The minimum Gasteiger partial charge on any atom is -0.493 e. The fourth-order valence-electron chi connectivity index (χ4n) is 4.46. The SMILES string of the molecule is COc1ccccc1Oc1c(NSc2ccc(C(C)(C)C)cc2)nc(-c2ncccn2)nc1NS(=O)(=O)c1ccc(C(C)(C)C)cc1. The number of nitrogens with one attached hydrogen (secondary N) is 2. The molecular weight excluding hydrogens is 633 g/mol. The first kappa shape index (κ1) is 33.7. The zero-order valence-electron chi connectivity index (χ0n) is 27.4. The standard InChI is InChI=1S/C35H38N6O4S2/c1-34(2,3)23-13-17-25(18-14-23)46-40-30-29(45-28-12-9-8-11-27(28)44-7)31(39-33(38-30)32-36-21-10-22-37-32)41-47(42,43)26-19-15-24(16-20-26)35(4,5)6/h8-22H,1-7H3,(H2,38,39,40,41). The first-order chi connectivity index (χ1) is 22.2. The van der Waals surface area contributed by atoms with Crippen molar-refractivity contribution >= 4 is 33.6 Å². The maximum absolute atomic E-state index is 13.8. The molecule has 5 aromatic rings. The van der Waals surface area contributed by atoms with E-state index < -0.39 is 10.0 Å². The summed E-state index contributed by atoms with van der Waals surface area (Å²) >= 11 is 1.29. The van der Waals surface area contributed by atoms with Gasteiger partial charge in [0, 0.05) is 17.3 Å². The zero-order chi connectivity index (χ0) is 33.8. The quantitative estimate of drug-likeness (QED) is 0.140. The lowest BCUT2D eigenvalue weighted by Gasteiger charge is -2.20. The van der Waals surface area contributed by atoms with Crippen molar-refractivity contribution in [1.82, 2.24) is 19.9 Å². The summed E-state index contributed by atoms with van der Waals surface area (Å²) in [5, 5.41) is 0. The third-order valence-corrected chi connectivity index (χ3v) is 9.32. The molecule has 0 spiro atoms. The molecule has 2 heterocycles. The number of hydrogen-bond donors (Lipinski definition) is 2. The molecule has 0 atom stereocenters. The van der Waals surface area contributed by atoms with Crippen LogP contribution in [0, 0.1) is 0 Å². The Kier molecular flexibility index (Phi) is 9.73. The second-order valence-corrected chi connectivity index (χ2v) is 15.3. The fraction of sp³-hybridized carbons (Fsp3) is 0.257. The number of sulfonamides is 1. The van der Waals surface area contributed by atoms with E-state index in [4.69, 9.17) is 14.5 Å². The van der Waals surface area contributed by atoms with Crippen molar-refractivity contribution in [1.29, 1.82) is 0 Å². The minimum atomic E-state index is -4.13. The van der Waals surface area contributed by atoms with Crippen molar-refractivity contribution in [3.05, 3.63) is 102 Å².